The largest absolute Gasteiger partial charge is 0.335 e. The summed E-state index contributed by atoms with van der Waals surface area (Å²) in [5, 5.41) is 0. The Labute approximate surface area is 466 Å². The van der Waals surface area contributed by atoms with Crippen molar-refractivity contribution in [2.24, 2.45) is 0 Å². The van der Waals surface area contributed by atoms with Crippen molar-refractivity contribution in [3.05, 3.63) is 215 Å². The van der Waals surface area contributed by atoms with Crippen LogP contribution in [0.1, 0.15) is 166 Å². The van der Waals surface area contributed by atoms with Gasteiger partial charge in [0.1, 0.15) is 0 Å². The smallest absolute Gasteiger partial charge is 0.252 e. The van der Waals surface area contributed by atoms with E-state index in [0.717, 1.165) is 25.7 Å². The summed E-state index contributed by atoms with van der Waals surface area (Å²) in [6, 6.07) is 70.0. The number of hydrogen-bond donors (Lipinski definition) is 0. The van der Waals surface area contributed by atoms with Crippen LogP contribution in [0.25, 0.3) is 11.1 Å². The van der Waals surface area contributed by atoms with Gasteiger partial charge in [-0.3, -0.25) is 0 Å². The van der Waals surface area contributed by atoms with E-state index >= 15 is 0 Å². The molecule has 6 aliphatic rings. The Morgan fingerprint density at radius 3 is 1.55 bits per heavy atom. The molecule has 4 heterocycles. The van der Waals surface area contributed by atoms with Gasteiger partial charge in [0, 0.05) is 50.5 Å². The second-order valence-electron chi connectivity index (χ2n) is 27.9. The van der Waals surface area contributed by atoms with Crippen LogP contribution in [0, 0.1) is 0 Å². The summed E-state index contributed by atoms with van der Waals surface area (Å²) >= 11 is 0. The molecule has 392 valence electrons. The first-order chi connectivity index (χ1) is 37.3. The Hall–Kier alpha value is -6.78. The fourth-order valence-electron chi connectivity index (χ4n) is 16.8. The Balaban J connectivity index is 1.16. The number of benzene rings is 8. The maximum absolute atomic E-state index is 2.98. The van der Waals surface area contributed by atoms with E-state index in [1.165, 1.54) is 132 Å². The topological polar surface area (TPSA) is 9.72 Å². The second kappa shape index (κ2) is 16.9. The van der Waals surface area contributed by atoms with Gasteiger partial charge in [0.15, 0.2) is 0 Å². The summed E-state index contributed by atoms with van der Waals surface area (Å²) in [6.07, 6.45) is 9.25. The molecule has 4 aliphatic heterocycles. The minimum absolute atomic E-state index is 0.00163. The normalized spacial score (nSPS) is 23.8. The molecule has 14 rings (SSSR count). The molecule has 8 aromatic rings. The molecule has 4 heteroatoms. The molecule has 4 unspecified atom stereocenters. The predicted molar refractivity (Wildman–Crippen MR) is 333 cm³/mol. The van der Waals surface area contributed by atoms with E-state index in [-0.39, 0.29) is 44.9 Å². The van der Waals surface area contributed by atoms with Crippen molar-refractivity contribution in [1.29, 1.82) is 0 Å². The molecule has 4 atom stereocenters. The molecule has 78 heavy (non-hydrogen) atoms. The molecule has 8 aromatic carbocycles. The van der Waals surface area contributed by atoms with Gasteiger partial charge in [-0.25, -0.2) is 0 Å². The Bertz CT molecular complexity index is 3710. The zero-order valence-electron chi connectivity index (χ0n) is 48.3. The van der Waals surface area contributed by atoms with Crippen LogP contribution in [0.3, 0.4) is 0 Å². The highest BCUT2D eigenvalue weighted by Crippen LogP contribution is 2.67. The van der Waals surface area contributed by atoms with E-state index in [2.05, 4.69) is 267 Å². The van der Waals surface area contributed by atoms with Gasteiger partial charge in [-0.15, -0.1) is 0 Å². The Kier molecular flexibility index (Phi) is 10.7. The summed E-state index contributed by atoms with van der Waals surface area (Å²) < 4.78 is 0. The molecule has 0 radical (unpaired) electrons. The summed E-state index contributed by atoms with van der Waals surface area (Å²) in [7, 11) is 0. The van der Waals surface area contributed by atoms with Crippen LogP contribution in [0.15, 0.2) is 176 Å². The highest BCUT2D eigenvalue weighted by atomic mass is 15.3. The molecule has 3 nitrogen and oxygen atoms in total. The molecule has 2 aliphatic carbocycles. The van der Waals surface area contributed by atoms with Gasteiger partial charge in [0.05, 0.1) is 16.8 Å². The summed E-state index contributed by atoms with van der Waals surface area (Å²) in [5.74, 6) is 0. The van der Waals surface area contributed by atoms with E-state index in [4.69, 9.17) is 0 Å². The third-order valence-electron chi connectivity index (χ3n) is 20.7. The first-order valence-electron chi connectivity index (χ1n) is 29.6. The van der Waals surface area contributed by atoms with Crippen molar-refractivity contribution in [3.63, 3.8) is 0 Å². The third kappa shape index (κ3) is 6.64. The van der Waals surface area contributed by atoms with Crippen molar-refractivity contribution < 1.29 is 0 Å². The molecule has 2 saturated carbocycles. The lowest BCUT2D eigenvalue weighted by atomic mass is 9.33. The number of para-hydroxylation sites is 1. The minimum atomic E-state index is -0.256. The van der Waals surface area contributed by atoms with Crippen LogP contribution >= 0.6 is 0 Å². The van der Waals surface area contributed by atoms with Gasteiger partial charge in [-0.05, 0) is 153 Å². The Morgan fingerprint density at radius 1 is 0.397 bits per heavy atom. The predicted octanol–water partition coefficient (Wildman–Crippen LogP) is 17.4. The molecular formula is C74H78BN3. The quantitative estimate of drug-likeness (QED) is 0.159. The maximum atomic E-state index is 2.98. The summed E-state index contributed by atoms with van der Waals surface area (Å²) in [5.41, 5.74) is 25.0. The molecule has 0 N–H and O–H groups in total. The number of rotatable bonds is 5. The standard InChI is InChI=1S/C74H78BN3/c1-68(2,3)52-36-38-61(56(43-52)49-27-15-12-16-28-49)76-63-46-53(69(4,5)6)35-37-59(63)75-60-45-54(70(7,8)9)44-58-67(60)78(72(11)40-24-26-42-74(58,72)51-31-19-14-20-32-51)65-48-55(47-64(76)66(65)75)77-62-34-22-21-33-57(62)73(50-29-17-13-18-30-50)41-25-23-39-71(73,77)10/h12-22,27-38,43-48H,23-26,39-42H2,1-11H3. The highest BCUT2D eigenvalue weighted by molar-refractivity contribution is 7.00. The van der Waals surface area contributed by atoms with E-state index in [1.54, 1.807) is 0 Å². The number of fused-ring (bicyclic) bond motifs is 10. The van der Waals surface area contributed by atoms with Gasteiger partial charge in [-0.1, -0.05) is 228 Å². The minimum Gasteiger partial charge on any atom is -0.335 e. The molecule has 0 saturated heterocycles. The van der Waals surface area contributed by atoms with Crippen LogP contribution in [0.4, 0.5) is 39.8 Å². The zero-order chi connectivity index (χ0) is 53.9. The van der Waals surface area contributed by atoms with Crippen molar-refractivity contribution in [2.45, 2.75) is 166 Å². The highest BCUT2D eigenvalue weighted by Gasteiger charge is 2.66. The second-order valence-corrected chi connectivity index (χ2v) is 27.9. The molecule has 2 fully saturated rings. The van der Waals surface area contributed by atoms with Gasteiger partial charge < -0.3 is 14.7 Å². The average Bonchev–Trinajstić information content (AvgIpc) is 2.55. The van der Waals surface area contributed by atoms with E-state index in [0.29, 0.717) is 0 Å². The first kappa shape index (κ1) is 49.5. The average molecular weight is 1020 g/mol. The first-order valence-corrected chi connectivity index (χ1v) is 29.6. The van der Waals surface area contributed by atoms with E-state index in [1.807, 2.05) is 0 Å². The molecule has 0 bridgehead atoms. The monoisotopic (exact) mass is 1020 g/mol. The number of anilines is 7. The van der Waals surface area contributed by atoms with Gasteiger partial charge in [0.25, 0.3) is 6.71 Å². The van der Waals surface area contributed by atoms with Crippen molar-refractivity contribution in [1.82, 2.24) is 0 Å². The van der Waals surface area contributed by atoms with Gasteiger partial charge >= 0.3 is 0 Å². The summed E-state index contributed by atoms with van der Waals surface area (Å²) in [6.45, 7) is 26.9. The summed E-state index contributed by atoms with van der Waals surface area (Å²) in [4.78, 5) is 8.62. The lowest BCUT2D eigenvalue weighted by Gasteiger charge is -2.55. The fourth-order valence-corrected chi connectivity index (χ4v) is 16.8. The van der Waals surface area contributed by atoms with Gasteiger partial charge in [0.2, 0.25) is 0 Å². The maximum Gasteiger partial charge on any atom is 0.252 e. The van der Waals surface area contributed by atoms with Crippen molar-refractivity contribution in [3.8, 4) is 11.1 Å². The third-order valence-corrected chi connectivity index (χ3v) is 20.7. The van der Waals surface area contributed by atoms with E-state index in [9.17, 15) is 0 Å². The number of hydrogen-bond acceptors (Lipinski definition) is 3. The van der Waals surface area contributed by atoms with Crippen LogP contribution in [-0.4, -0.2) is 17.8 Å². The van der Waals surface area contributed by atoms with E-state index < -0.39 is 0 Å². The zero-order valence-corrected chi connectivity index (χ0v) is 48.3. The molecule has 0 aromatic heterocycles. The van der Waals surface area contributed by atoms with Crippen molar-refractivity contribution >= 4 is 62.9 Å². The van der Waals surface area contributed by atoms with Crippen LogP contribution in [-0.2, 0) is 27.1 Å². The molecular weight excluding hydrogens is 942 g/mol. The Morgan fingerprint density at radius 2 is 0.923 bits per heavy atom. The lowest BCUT2D eigenvalue weighted by Crippen LogP contribution is -2.65. The van der Waals surface area contributed by atoms with Crippen LogP contribution in [0.5, 0.6) is 0 Å². The number of nitrogens with zero attached hydrogens (tertiary/aromatic N) is 3. The van der Waals surface area contributed by atoms with Crippen LogP contribution in [0.2, 0.25) is 0 Å². The lowest BCUT2D eigenvalue weighted by molar-refractivity contribution is 0.214. The fraction of sp³-hybridized carbons (Fsp3) is 0.351. The molecule has 0 amide bonds. The van der Waals surface area contributed by atoms with Crippen LogP contribution < -0.4 is 31.1 Å². The SMILES string of the molecule is CC(C)(C)c1ccc(N2c3cc(C(C)(C)C)ccc3B3c4cc(C(C)(C)C)cc5c4N(c4cc(N6c7ccccc7C7(c8ccccc8)CCCCC67C)cc2c43)C2(C)CCCCC52c2ccccc2)c(-c2ccccc2)c1. The van der Waals surface area contributed by atoms with Gasteiger partial charge in [-0.2, -0.15) is 0 Å². The molecule has 0 spiro atoms. The van der Waals surface area contributed by atoms with Crippen molar-refractivity contribution in [2.75, 3.05) is 14.7 Å².